The quantitative estimate of drug-likeness (QED) is 0.783. The number of hydrogen-bond donors (Lipinski definition) is 2. The fourth-order valence-electron chi connectivity index (χ4n) is 1.97. The van der Waals surface area contributed by atoms with E-state index in [1.54, 1.807) is 0 Å². The van der Waals surface area contributed by atoms with Crippen molar-refractivity contribution in [3.8, 4) is 0 Å². The summed E-state index contributed by atoms with van der Waals surface area (Å²) in [7, 11) is 0. The topological polar surface area (TPSA) is 92.5 Å². The Morgan fingerprint density at radius 3 is 2.75 bits per heavy atom. The number of carbonyl (C=O) groups is 1. The number of hydrogen-bond acceptors (Lipinski definition) is 4. The van der Waals surface area contributed by atoms with Crippen molar-refractivity contribution in [1.29, 1.82) is 0 Å². The van der Waals surface area contributed by atoms with Crippen molar-refractivity contribution < 1.29 is 19.2 Å². The Labute approximate surface area is 91.2 Å². The molecule has 0 atom stereocenters. The monoisotopic (exact) mass is 227 g/mol. The van der Waals surface area contributed by atoms with Gasteiger partial charge in [-0.3, -0.25) is 4.79 Å². The van der Waals surface area contributed by atoms with Crippen LogP contribution in [0.1, 0.15) is 30.0 Å². The van der Waals surface area contributed by atoms with E-state index < -0.39 is 11.6 Å². The van der Waals surface area contributed by atoms with Crippen molar-refractivity contribution in [2.24, 2.45) is 0 Å². The zero-order valence-corrected chi connectivity index (χ0v) is 8.69. The molecule has 2 rings (SSSR count). The van der Waals surface area contributed by atoms with Crippen LogP contribution in [0.25, 0.3) is 0 Å². The molecule has 0 amide bonds. The number of H-pyrrole nitrogens is 1. The molecule has 0 unspecified atom stereocenters. The number of aromatic amines is 1. The average molecular weight is 227 g/mol. The van der Waals surface area contributed by atoms with Crippen molar-refractivity contribution in [3.63, 3.8) is 0 Å². The van der Waals surface area contributed by atoms with Crippen LogP contribution >= 0.6 is 0 Å². The number of carboxylic acids is 1. The third kappa shape index (κ3) is 2.16. The molecule has 2 N–H and O–H groups in total. The van der Waals surface area contributed by atoms with Crippen molar-refractivity contribution in [2.75, 3.05) is 13.2 Å². The zero-order chi connectivity index (χ0) is 11.5. The van der Waals surface area contributed by atoms with Crippen LogP contribution in [-0.4, -0.2) is 29.4 Å². The Bertz CT molecular complexity index is 427. The number of carboxylic acid groups (broad SMARTS) is 1. The lowest BCUT2D eigenvalue weighted by Gasteiger charge is -2.20. The minimum Gasteiger partial charge on any atom is -0.481 e. The Balaban J connectivity index is 2.25. The van der Waals surface area contributed by atoms with E-state index in [0.717, 1.165) is 12.8 Å². The molecule has 0 bridgehead atoms. The Hall–Kier alpha value is -1.56. The van der Waals surface area contributed by atoms with Crippen LogP contribution in [0, 0.1) is 0 Å². The third-order valence-electron chi connectivity index (χ3n) is 2.78. The molecule has 6 nitrogen and oxygen atoms in total. The van der Waals surface area contributed by atoms with Crippen LogP contribution < -0.4 is 5.63 Å². The summed E-state index contributed by atoms with van der Waals surface area (Å²) < 4.78 is 9.88. The van der Waals surface area contributed by atoms with Crippen LogP contribution in [0.5, 0.6) is 0 Å². The third-order valence-corrected chi connectivity index (χ3v) is 2.78. The fraction of sp³-hybridized carbons (Fsp3) is 0.600. The van der Waals surface area contributed by atoms with E-state index in [2.05, 4.69) is 9.68 Å². The normalized spacial score (nSPS) is 17.5. The molecule has 0 saturated carbocycles. The second-order valence-corrected chi connectivity index (χ2v) is 3.84. The molecule has 6 heteroatoms. The highest BCUT2D eigenvalue weighted by Gasteiger charge is 2.24. The number of aliphatic carboxylic acids is 1. The van der Waals surface area contributed by atoms with E-state index >= 15 is 0 Å². The summed E-state index contributed by atoms with van der Waals surface area (Å²) in [5.74, 6) is -0.894. The molecule has 0 spiro atoms. The van der Waals surface area contributed by atoms with Gasteiger partial charge in [0.15, 0.2) is 0 Å². The van der Waals surface area contributed by atoms with Gasteiger partial charge in [0.1, 0.15) is 0 Å². The molecule has 2 heterocycles. The van der Waals surface area contributed by atoms with E-state index in [1.165, 1.54) is 0 Å². The first kappa shape index (κ1) is 10.9. The van der Waals surface area contributed by atoms with Gasteiger partial charge in [0.05, 0.1) is 17.7 Å². The summed E-state index contributed by atoms with van der Waals surface area (Å²) >= 11 is 0. The van der Waals surface area contributed by atoms with E-state index in [-0.39, 0.29) is 17.9 Å². The van der Waals surface area contributed by atoms with Gasteiger partial charge < -0.3 is 14.4 Å². The van der Waals surface area contributed by atoms with Gasteiger partial charge in [-0.1, -0.05) is 0 Å². The molecular weight excluding hydrogens is 214 g/mol. The largest absolute Gasteiger partial charge is 0.481 e. The number of ether oxygens (including phenoxy) is 1. The summed E-state index contributed by atoms with van der Waals surface area (Å²) in [5.41, 5.74) is 0.277. The molecule has 88 valence electrons. The van der Waals surface area contributed by atoms with Gasteiger partial charge in [0.2, 0.25) is 0 Å². The molecule has 0 aliphatic carbocycles. The Morgan fingerprint density at radius 1 is 1.44 bits per heavy atom. The summed E-state index contributed by atoms with van der Waals surface area (Å²) in [6.45, 7) is 1.26. The van der Waals surface area contributed by atoms with Crippen molar-refractivity contribution >= 4 is 5.97 Å². The molecule has 1 aromatic heterocycles. The number of rotatable bonds is 3. The van der Waals surface area contributed by atoms with Gasteiger partial charge >= 0.3 is 11.6 Å². The lowest BCUT2D eigenvalue weighted by molar-refractivity contribution is -0.136. The summed E-state index contributed by atoms with van der Waals surface area (Å²) in [4.78, 5) is 22.0. The first-order valence-corrected chi connectivity index (χ1v) is 5.18. The maximum Gasteiger partial charge on any atom is 0.361 e. The van der Waals surface area contributed by atoms with Gasteiger partial charge in [-0.2, -0.15) is 0 Å². The minimum absolute atomic E-state index is 0.134. The molecule has 16 heavy (non-hydrogen) atoms. The molecule has 0 radical (unpaired) electrons. The number of nitrogens with one attached hydrogen (secondary N) is 1. The van der Waals surface area contributed by atoms with Crippen molar-refractivity contribution in [2.45, 2.75) is 25.2 Å². The Morgan fingerprint density at radius 2 is 2.12 bits per heavy atom. The molecule has 1 aliphatic rings. The van der Waals surface area contributed by atoms with Gasteiger partial charge in [-0.15, -0.1) is 0 Å². The SMILES string of the molecule is O=C(O)Cc1c(C2CCOCC2)[nH]oc1=O. The lowest BCUT2D eigenvalue weighted by atomic mass is 9.93. The van der Waals surface area contributed by atoms with Crippen molar-refractivity contribution in [1.82, 2.24) is 5.16 Å². The van der Waals surface area contributed by atoms with Gasteiger partial charge in [-0.05, 0) is 12.8 Å². The van der Waals surface area contributed by atoms with Crippen LogP contribution in [0.4, 0.5) is 0 Å². The van der Waals surface area contributed by atoms with E-state index in [9.17, 15) is 9.59 Å². The standard InChI is InChI=1S/C10H13NO5/c12-8(13)5-7-9(11-16-10(7)14)6-1-3-15-4-2-6/h6,11H,1-5H2,(H,12,13). The van der Waals surface area contributed by atoms with Crippen LogP contribution in [0.2, 0.25) is 0 Å². The van der Waals surface area contributed by atoms with Gasteiger partial charge in [-0.25, -0.2) is 9.95 Å². The molecule has 1 aromatic rings. The molecular formula is C10H13NO5. The minimum atomic E-state index is -1.03. The van der Waals surface area contributed by atoms with Crippen molar-refractivity contribution in [3.05, 3.63) is 21.7 Å². The highest BCUT2D eigenvalue weighted by molar-refractivity contribution is 5.70. The van der Waals surface area contributed by atoms with E-state index in [0.29, 0.717) is 18.9 Å². The number of aromatic nitrogens is 1. The molecule has 1 saturated heterocycles. The summed E-state index contributed by atoms with van der Waals surface area (Å²) in [5, 5.41) is 11.3. The zero-order valence-electron chi connectivity index (χ0n) is 8.69. The maximum atomic E-state index is 11.3. The fourth-order valence-corrected chi connectivity index (χ4v) is 1.97. The molecule has 0 aromatic carbocycles. The second-order valence-electron chi connectivity index (χ2n) is 3.84. The summed E-state index contributed by atoms with van der Waals surface area (Å²) in [6.07, 6.45) is 1.27. The smallest absolute Gasteiger partial charge is 0.361 e. The highest BCUT2D eigenvalue weighted by Crippen LogP contribution is 2.27. The second kappa shape index (κ2) is 4.52. The van der Waals surface area contributed by atoms with Gasteiger partial charge in [0, 0.05) is 19.1 Å². The predicted molar refractivity (Wildman–Crippen MR) is 53.5 cm³/mol. The molecule has 1 fully saturated rings. The molecule has 1 aliphatic heterocycles. The van der Waals surface area contributed by atoms with E-state index in [1.807, 2.05) is 0 Å². The summed E-state index contributed by atoms with van der Waals surface area (Å²) in [6, 6.07) is 0. The Kier molecular flexibility index (Phi) is 3.09. The van der Waals surface area contributed by atoms with Crippen LogP contribution in [0.15, 0.2) is 9.32 Å². The average Bonchev–Trinajstić information content (AvgIpc) is 2.61. The van der Waals surface area contributed by atoms with Crippen LogP contribution in [-0.2, 0) is 16.0 Å². The van der Waals surface area contributed by atoms with Crippen LogP contribution in [0.3, 0.4) is 0 Å². The highest BCUT2D eigenvalue weighted by atomic mass is 16.5. The maximum absolute atomic E-state index is 11.3. The first-order valence-electron chi connectivity index (χ1n) is 5.18. The first-order chi connectivity index (χ1) is 7.68. The van der Waals surface area contributed by atoms with E-state index in [4.69, 9.17) is 9.84 Å². The van der Waals surface area contributed by atoms with Gasteiger partial charge in [0.25, 0.3) is 0 Å². The predicted octanol–water partition coefficient (Wildman–Crippen LogP) is 0.489. The lowest BCUT2D eigenvalue weighted by Crippen LogP contribution is -2.18.